The summed E-state index contributed by atoms with van der Waals surface area (Å²) in [5.41, 5.74) is -1.20. The second-order valence-electron chi connectivity index (χ2n) is 8.73. The molecule has 1 saturated carbocycles. The number of hydrogen-bond donors (Lipinski definition) is 0. The van der Waals surface area contributed by atoms with Crippen molar-refractivity contribution >= 4 is 38.5 Å². The molecule has 5 rings (SSSR count). The Hall–Kier alpha value is -3.93. The zero-order valence-corrected chi connectivity index (χ0v) is 21.1. The molecular weight excluding hydrogens is 569 g/mol. The minimum atomic E-state index is -3.16. The van der Waals surface area contributed by atoms with Crippen LogP contribution in [0.15, 0.2) is 64.1 Å². The molecule has 0 saturated heterocycles. The van der Waals surface area contributed by atoms with E-state index in [9.17, 15) is 27.6 Å². The van der Waals surface area contributed by atoms with E-state index >= 15 is 0 Å². The fourth-order valence-electron chi connectivity index (χ4n) is 4.26. The van der Waals surface area contributed by atoms with Crippen LogP contribution in [0.2, 0.25) is 0 Å². The number of rotatable bonds is 8. The van der Waals surface area contributed by atoms with Gasteiger partial charge in [0.15, 0.2) is 11.6 Å². The van der Waals surface area contributed by atoms with Gasteiger partial charge in [-0.25, -0.2) is 32.6 Å². The van der Waals surface area contributed by atoms with Crippen LogP contribution in [-0.4, -0.2) is 31.5 Å². The monoisotopic (exact) mass is 586 g/mol. The maximum Gasteiger partial charge on any atom is 0.340 e. The minimum absolute atomic E-state index is 0.105. The number of Topliss-reactive ketones (excluding diaryl/α,β-unsaturated/α-hetero) is 1. The second-order valence-corrected chi connectivity index (χ2v) is 9.58. The first-order valence-corrected chi connectivity index (χ1v) is 12.3. The summed E-state index contributed by atoms with van der Waals surface area (Å²) < 4.78 is 47.6. The van der Waals surface area contributed by atoms with Crippen molar-refractivity contribution in [3.63, 3.8) is 0 Å². The van der Waals surface area contributed by atoms with Gasteiger partial charge in [0.2, 0.25) is 0 Å². The van der Waals surface area contributed by atoms with E-state index in [0.717, 1.165) is 12.4 Å². The quantitative estimate of drug-likeness (QED) is 0.274. The lowest BCUT2D eigenvalue weighted by molar-refractivity contribution is -0.121. The van der Waals surface area contributed by atoms with E-state index in [1.54, 1.807) is 30.3 Å². The van der Waals surface area contributed by atoms with Gasteiger partial charge < -0.3 is 4.74 Å². The molecule has 2 aromatic carbocycles. The molecule has 2 heterocycles. The van der Waals surface area contributed by atoms with Crippen LogP contribution in [0.25, 0.3) is 10.8 Å². The summed E-state index contributed by atoms with van der Waals surface area (Å²) in [6, 6.07) is 11.5. The molecule has 0 bridgehead atoms. The Labute approximate surface area is 221 Å². The van der Waals surface area contributed by atoms with Crippen LogP contribution in [0.4, 0.5) is 13.2 Å². The highest BCUT2D eigenvalue weighted by Crippen LogP contribution is 2.46. The van der Waals surface area contributed by atoms with Crippen LogP contribution in [-0.2, 0) is 22.7 Å². The fraction of sp³-hybridized carbons (Fsp3) is 0.231. The highest BCUT2D eigenvalue weighted by molar-refractivity contribution is 9.10. The van der Waals surface area contributed by atoms with Crippen molar-refractivity contribution in [2.45, 2.75) is 31.9 Å². The van der Waals surface area contributed by atoms with Gasteiger partial charge >= 0.3 is 5.97 Å². The molecule has 2 unspecified atom stereocenters. The lowest BCUT2D eigenvalue weighted by atomic mass is 10.0. The Morgan fingerprint density at radius 2 is 1.82 bits per heavy atom. The van der Waals surface area contributed by atoms with Gasteiger partial charge in [-0.05, 0) is 40.0 Å². The van der Waals surface area contributed by atoms with Gasteiger partial charge in [-0.2, -0.15) is 5.10 Å². The maximum absolute atomic E-state index is 14.2. The zero-order valence-electron chi connectivity index (χ0n) is 19.5. The zero-order chi connectivity index (χ0) is 27.0. The predicted molar refractivity (Wildman–Crippen MR) is 132 cm³/mol. The minimum Gasteiger partial charge on any atom is -0.457 e. The van der Waals surface area contributed by atoms with Gasteiger partial charge in [0.1, 0.15) is 24.7 Å². The first kappa shape index (κ1) is 25.7. The van der Waals surface area contributed by atoms with Crippen LogP contribution in [0.3, 0.4) is 0 Å². The molecule has 0 amide bonds. The van der Waals surface area contributed by atoms with Crippen LogP contribution in [0, 0.1) is 11.7 Å². The summed E-state index contributed by atoms with van der Waals surface area (Å²) >= 11 is 3.20. The number of fused-ring (bicyclic) bond motifs is 1. The molecule has 2 atom stereocenters. The van der Waals surface area contributed by atoms with E-state index in [4.69, 9.17) is 4.74 Å². The van der Waals surface area contributed by atoms with Gasteiger partial charge in [0, 0.05) is 21.7 Å². The average molecular weight is 587 g/mol. The van der Waals surface area contributed by atoms with Gasteiger partial charge in [-0.3, -0.25) is 9.59 Å². The van der Waals surface area contributed by atoms with E-state index in [-0.39, 0.29) is 33.3 Å². The molecule has 0 aliphatic heterocycles. The Morgan fingerprint density at radius 1 is 1.11 bits per heavy atom. The topological polar surface area (TPSA) is 104 Å². The standard InChI is InChI=1S/C26H18BrF3N4O4/c27-18-7-6-15-20(21(18)26(37)38-12-13-4-2-1-3-5-13)22(23(29)30)33-34(25(15)36)11-19(35)16-8-17(16)24-31-9-14(28)10-32-24/h1-7,9-10,16-17,23H,8,11-12H2. The van der Waals surface area contributed by atoms with Crippen molar-refractivity contribution in [1.29, 1.82) is 0 Å². The number of nitrogens with zero attached hydrogens (tertiary/aromatic N) is 4. The molecule has 2 aromatic heterocycles. The predicted octanol–water partition coefficient (Wildman–Crippen LogP) is 4.76. The largest absolute Gasteiger partial charge is 0.457 e. The van der Waals surface area contributed by atoms with E-state index in [1.165, 1.54) is 12.1 Å². The number of halogens is 4. The Morgan fingerprint density at radius 3 is 2.50 bits per heavy atom. The molecule has 0 N–H and O–H groups in total. The molecule has 38 heavy (non-hydrogen) atoms. The summed E-state index contributed by atoms with van der Waals surface area (Å²) in [6.45, 7) is -0.660. The smallest absolute Gasteiger partial charge is 0.340 e. The second kappa shape index (κ2) is 10.4. The molecule has 0 spiro atoms. The van der Waals surface area contributed by atoms with Crippen molar-refractivity contribution in [3.05, 3.63) is 98.1 Å². The molecular formula is C26H18BrF3N4O4. The van der Waals surface area contributed by atoms with Gasteiger partial charge in [-0.15, -0.1) is 0 Å². The van der Waals surface area contributed by atoms with Crippen molar-refractivity contribution < 1.29 is 27.5 Å². The maximum atomic E-state index is 14.2. The molecule has 12 heteroatoms. The van der Waals surface area contributed by atoms with Crippen LogP contribution in [0.5, 0.6) is 0 Å². The Kier molecular flexibility index (Phi) is 7.06. The van der Waals surface area contributed by atoms with E-state index < -0.39 is 47.7 Å². The number of aromatic nitrogens is 4. The van der Waals surface area contributed by atoms with Gasteiger partial charge in [0.05, 0.1) is 23.3 Å². The third-order valence-corrected chi connectivity index (χ3v) is 6.87. The third kappa shape index (κ3) is 5.08. The fourth-order valence-corrected chi connectivity index (χ4v) is 4.75. The molecule has 1 aliphatic carbocycles. The Balaban J connectivity index is 1.46. The first-order valence-electron chi connectivity index (χ1n) is 11.5. The molecule has 1 fully saturated rings. The average Bonchev–Trinajstić information content (AvgIpc) is 3.71. The highest BCUT2D eigenvalue weighted by atomic mass is 79.9. The number of hydrogen-bond acceptors (Lipinski definition) is 7. The summed E-state index contributed by atoms with van der Waals surface area (Å²) in [5.74, 6) is -2.55. The van der Waals surface area contributed by atoms with Crippen LogP contribution >= 0.6 is 15.9 Å². The summed E-state index contributed by atoms with van der Waals surface area (Å²) in [7, 11) is 0. The SMILES string of the molecule is O=C(OCc1ccccc1)c1c(Br)ccc2c(=O)n(CC(=O)C3CC3c3ncc(F)cn3)nc(C(F)F)c12. The molecule has 8 nitrogen and oxygen atoms in total. The van der Waals surface area contributed by atoms with Crippen LogP contribution in [0.1, 0.15) is 46.2 Å². The number of benzene rings is 2. The first-order chi connectivity index (χ1) is 18.2. The lowest BCUT2D eigenvalue weighted by Gasteiger charge is -2.14. The number of ether oxygens (including phenoxy) is 1. The molecule has 0 radical (unpaired) electrons. The van der Waals surface area contributed by atoms with Crippen molar-refractivity contribution in [2.75, 3.05) is 0 Å². The molecule has 1 aliphatic rings. The van der Waals surface area contributed by atoms with E-state index in [1.807, 2.05) is 0 Å². The normalized spacial score (nSPS) is 16.6. The van der Waals surface area contributed by atoms with Crippen molar-refractivity contribution in [3.8, 4) is 0 Å². The summed E-state index contributed by atoms with van der Waals surface area (Å²) in [4.78, 5) is 46.8. The van der Waals surface area contributed by atoms with Crippen molar-refractivity contribution in [1.82, 2.24) is 19.7 Å². The van der Waals surface area contributed by atoms with E-state index in [0.29, 0.717) is 22.5 Å². The molecule has 194 valence electrons. The summed E-state index contributed by atoms with van der Waals surface area (Å²) in [6.07, 6.45) is -0.783. The van der Waals surface area contributed by atoms with Gasteiger partial charge in [-0.1, -0.05) is 30.3 Å². The Bertz CT molecular complexity index is 1600. The van der Waals surface area contributed by atoms with E-state index in [2.05, 4.69) is 31.0 Å². The lowest BCUT2D eigenvalue weighted by Crippen LogP contribution is -2.29. The van der Waals surface area contributed by atoms with Gasteiger partial charge in [0.25, 0.3) is 12.0 Å². The van der Waals surface area contributed by atoms with Crippen molar-refractivity contribution in [2.24, 2.45) is 5.92 Å². The number of carbonyl (C=O) groups is 2. The number of alkyl halides is 2. The third-order valence-electron chi connectivity index (χ3n) is 6.21. The number of esters is 1. The summed E-state index contributed by atoms with van der Waals surface area (Å²) in [5, 5.41) is 3.24. The number of ketones is 1. The molecule has 4 aromatic rings. The highest BCUT2D eigenvalue weighted by Gasteiger charge is 2.45. The van der Waals surface area contributed by atoms with Crippen LogP contribution < -0.4 is 5.56 Å². The number of carbonyl (C=O) groups excluding carboxylic acids is 2.